The van der Waals surface area contributed by atoms with E-state index in [4.69, 9.17) is 16.7 Å². The summed E-state index contributed by atoms with van der Waals surface area (Å²) in [5, 5.41) is 22.7. The fraction of sp³-hybridized carbons (Fsp3) is 0.133. The average molecular weight is 292 g/mol. The summed E-state index contributed by atoms with van der Waals surface area (Å²) in [7, 11) is 0. The first-order valence-electron chi connectivity index (χ1n) is 6.03. The number of para-hydroxylation sites is 1. The first-order valence-corrected chi connectivity index (χ1v) is 6.41. The highest BCUT2D eigenvalue weighted by molar-refractivity contribution is 6.30. The van der Waals surface area contributed by atoms with Gasteiger partial charge in [-0.15, -0.1) is 0 Å². The minimum Gasteiger partial charge on any atom is -0.507 e. The molecule has 4 nitrogen and oxygen atoms in total. The summed E-state index contributed by atoms with van der Waals surface area (Å²) < 4.78 is 0. The Balaban J connectivity index is 2.19. The Morgan fingerprint density at radius 1 is 1.30 bits per heavy atom. The minimum absolute atomic E-state index is 0.0999. The Morgan fingerprint density at radius 2 is 2.05 bits per heavy atom. The van der Waals surface area contributed by atoms with Gasteiger partial charge < -0.3 is 15.5 Å². The minimum atomic E-state index is -1.15. The first kappa shape index (κ1) is 14.2. The first-order chi connectivity index (χ1) is 9.49. The number of hydrogen-bond donors (Lipinski definition) is 3. The smallest absolute Gasteiger partial charge is 0.339 e. The van der Waals surface area contributed by atoms with E-state index in [2.05, 4.69) is 5.32 Å². The zero-order valence-electron chi connectivity index (χ0n) is 10.9. The molecule has 0 saturated heterocycles. The van der Waals surface area contributed by atoms with E-state index >= 15 is 0 Å². The van der Waals surface area contributed by atoms with Gasteiger partial charge in [0, 0.05) is 22.8 Å². The fourth-order valence-corrected chi connectivity index (χ4v) is 2.15. The van der Waals surface area contributed by atoms with Crippen LogP contribution in [0.4, 0.5) is 5.69 Å². The van der Waals surface area contributed by atoms with Crippen molar-refractivity contribution in [3.05, 3.63) is 58.1 Å². The molecule has 2 rings (SSSR count). The summed E-state index contributed by atoms with van der Waals surface area (Å²) in [5.74, 6) is -1.36. The van der Waals surface area contributed by atoms with Gasteiger partial charge in [-0.3, -0.25) is 0 Å². The van der Waals surface area contributed by atoms with Gasteiger partial charge in [0.25, 0.3) is 0 Å². The number of benzene rings is 2. The van der Waals surface area contributed by atoms with Crippen molar-refractivity contribution >= 4 is 23.3 Å². The highest BCUT2D eigenvalue weighted by Gasteiger charge is 2.12. The van der Waals surface area contributed by atoms with Gasteiger partial charge in [-0.1, -0.05) is 23.7 Å². The van der Waals surface area contributed by atoms with Crippen LogP contribution in [0.3, 0.4) is 0 Å². The van der Waals surface area contributed by atoms with Gasteiger partial charge in [0.15, 0.2) is 0 Å². The molecule has 0 aromatic heterocycles. The second kappa shape index (κ2) is 5.84. The topological polar surface area (TPSA) is 69.6 Å². The molecule has 20 heavy (non-hydrogen) atoms. The van der Waals surface area contributed by atoms with E-state index in [0.29, 0.717) is 17.1 Å². The third-order valence-corrected chi connectivity index (χ3v) is 3.24. The molecule has 0 radical (unpaired) electrons. The molecule has 0 fully saturated rings. The van der Waals surface area contributed by atoms with Crippen molar-refractivity contribution in [3.8, 4) is 5.75 Å². The van der Waals surface area contributed by atoms with E-state index in [-0.39, 0.29) is 11.3 Å². The molecular weight excluding hydrogens is 278 g/mol. The van der Waals surface area contributed by atoms with Crippen LogP contribution in [-0.4, -0.2) is 16.2 Å². The molecule has 2 aromatic rings. The van der Waals surface area contributed by atoms with Crippen LogP contribution in [0, 0.1) is 6.92 Å². The lowest BCUT2D eigenvalue weighted by atomic mass is 10.1. The number of carbonyl (C=O) groups is 1. The number of rotatable bonds is 4. The monoisotopic (exact) mass is 291 g/mol. The van der Waals surface area contributed by atoms with Crippen LogP contribution in [0.25, 0.3) is 0 Å². The van der Waals surface area contributed by atoms with Gasteiger partial charge in [0.05, 0.1) is 0 Å². The lowest BCUT2D eigenvalue weighted by Gasteiger charge is -2.12. The Bertz CT molecular complexity index is 656. The number of carboxylic acids is 1. The zero-order chi connectivity index (χ0) is 14.7. The van der Waals surface area contributed by atoms with Crippen molar-refractivity contribution in [2.75, 3.05) is 5.32 Å². The Kier molecular flexibility index (Phi) is 4.15. The third-order valence-electron chi connectivity index (χ3n) is 3.01. The van der Waals surface area contributed by atoms with E-state index in [9.17, 15) is 9.90 Å². The number of nitrogens with one attached hydrogen (secondary N) is 1. The van der Waals surface area contributed by atoms with Crippen molar-refractivity contribution in [3.63, 3.8) is 0 Å². The Labute approximate surface area is 121 Å². The highest BCUT2D eigenvalue weighted by atomic mass is 35.5. The van der Waals surface area contributed by atoms with Crippen molar-refractivity contribution in [1.29, 1.82) is 0 Å². The van der Waals surface area contributed by atoms with E-state index in [1.54, 1.807) is 18.2 Å². The molecular formula is C15H14ClNO3. The van der Waals surface area contributed by atoms with Gasteiger partial charge in [-0.2, -0.15) is 0 Å². The maximum Gasteiger partial charge on any atom is 0.339 e. The van der Waals surface area contributed by atoms with Crippen molar-refractivity contribution in [2.45, 2.75) is 13.5 Å². The molecule has 5 heteroatoms. The number of halogens is 1. The predicted molar refractivity (Wildman–Crippen MR) is 78.6 cm³/mol. The van der Waals surface area contributed by atoms with Crippen LogP contribution in [-0.2, 0) is 6.54 Å². The molecule has 0 bridgehead atoms. The van der Waals surface area contributed by atoms with Gasteiger partial charge in [0.2, 0.25) is 0 Å². The van der Waals surface area contributed by atoms with E-state index in [0.717, 1.165) is 11.3 Å². The van der Waals surface area contributed by atoms with Crippen molar-refractivity contribution in [1.82, 2.24) is 0 Å². The standard InChI is InChI=1S/C15H14ClNO3/c1-9-7-11(16)5-6-13(9)17-8-10-3-2-4-12(14(10)18)15(19)20/h2-7,17-18H,8H2,1H3,(H,19,20). The molecule has 0 atom stereocenters. The van der Waals surface area contributed by atoms with Crippen molar-refractivity contribution < 1.29 is 15.0 Å². The second-order valence-corrected chi connectivity index (χ2v) is 4.87. The number of aromatic hydroxyl groups is 1. The van der Waals surface area contributed by atoms with Crippen LogP contribution in [0.1, 0.15) is 21.5 Å². The number of carboxylic acid groups (broad SMARTS) is 1. The Hall–Kier alpha value is -2.20. The summed E-state index contributed by atoms with van der Waals surface area (Å²) in [5.41, 5.74) is 2.29. The molecule has 3 N–H and O–H groups in total. The molecule has 2 aromatic carbocycles. The van der Waals surface area contributed by atoms with E-state index in [1.165, 1.54) is 6.07 Å². The summed E-state index contributed by atoms with van der Waals surface area (Å²) in [4.78, 5) is 10.9. The van der Waals surface area contributed by atoms with Gasteiger partial charge in [-0.05, 0) is 36.8 Å². The molecule has 0 aliphatic rings. The average Bonchev–Trinajstić information content (AvgIpc) is 2.39. The predicted octanol–water partition coefficient (Wildman–Crippen LogP) is 3.66. The SMILES string of the molecule is Cc1cc(Cl)ccc1NCc1cccc(C(=O)O)c1O. The van der Waals surface area contributed by atoms with Crippen LogP contribution in [0.2, 0.25) is 5.02 Å². The maximum atomic E-state index is 10.9. The molecule has 0 unspecified atom stereocenters. The van der Waals surface area contributed by atoms with Crippen LogP contribution < -0.4 is 5.32 Å². The third kappa shape index (κ3) is 3.03. The van der Waals surface area contributed by atoms with E-state index in [1.807, 2.05) is 19.1 Å². The molecule has 0 amide bonds. The second-order valence-electron chi connectivity index (χ2n) is 4.43. The molecule has 0 aliphatic heterocycles. The summed E-state index contributed by atoms with van der Waals surface area (Å²) in [6.07, 6.45) is 0. The van der Waals surface area contributed by atoms with E-state index < -0.39 is 5.97 Å². The van der Waals surface area contributed by atoms with Crippen LogP contribution >= 0.6 is 11.6 Å². The number of anilines is 1. The quantitative estimate of drug-likeness (QED) is 0.804. The summed E-state index contributed by atoms with van der Waals surface area (Å²) in [6, 6.07) is 10.1. The fourth-order valence-electron chi connectivity index (χ4n) is 1.92. The lowest BCUT2D eigenvalue weighted by molar-refractivity contribution is 0.0693. The summed E-state index contributed by atoms with van der Waals surface area (Å²) in [6.45, 7) is 2.25. The van der Waals surface area contributed by atoms with Crippen molar-refractivity contribution in [2.24, 2.45) is 0 Å². The lowest BCUT2D eigenvalue weighted by Crippen LogP contribution is -2.04. The number of aryl methyl sites for hydroxylation is 1. The molecule has 0 saturated carbocycles. The van der Waals surface area contributed by atoms with Gasteiger partial charge in [-0.25, -0.2) is 4.79 Å². The van der Waals surface area contributed by atoms with Gasteiger partial charge >= 0.3 is 5.97 Å². The Morgan fingerprint density at radius 3 is 2.70 bits per heavy atom. The number of hydrogen-bond acceptors (Lipinski definition) is 3. The molecule has 0 spiro atoms. The number of phenols is 1. The van der Waals surface area contributed by atoms with Crippen LogP contribution in [0.15, 0.2) is 36.4 Å². The van der Waals surface area contributed by atoms with Crippen LogP contribution in [0.5, 0.6) is 5.75 Å². The maximum absolute atomic E-state index is 10.9. The highest BCUT2D eigenvalue weighted by Crippen LogP contribution is 2.25. The molecule has 104 valence electrons. The zero-order valence-corrected chi connectivity index (χ0v) is 11.6. The molecule has 0 heterocycles. The summed E-state index contributed by atoms with van der Waals surface area (Å²) >= 11 is 5.88. The van der Waals surface area contributed by atoms with Gasteiger partial charge in [0.1, 0.15) is 11.3 Å². The largest absolute Gasteiger partial charge is 0.507 e. The molecule has 0 aliphatic carbocycles. The number of aromatic carboxylic acids is 1. The normalized spacial score (nSPS) is 10.3.